The summed E-state index contributed by atoms with van der Waals surface area (Å²) in [5.74, 6) is 0. The first kappa shape index (κ1) is 15.7. The average Bonchev–Trinajstić information content (AvgIpc) is 3.10. The van der Waals surface area contributed by atoms with Crippen LogP contribution < -0.4 is 0 Å². The summed E-state index contributed by atoms with van der Waals surface area (Å²) in [6, 6.07) is 5.47. The molecule has 1 saturated heterocycles. The smallest absolute Gasteiger partial charge is 0.137 e. The molecular formula is C15H17Cl2N3O2. The third-order valence-electron chi connectivity index (χ3n) is 3.81. The Hall–Kier alpha value is -1.14. The fourth-order valence-corrected chi connectivity index (χ4v) is 3.48. The van der Waals surface area contributed by atoms with Crippen LogP contribution >= 0.6 is 23.2 Å². The van der Waals surface area contributed by atoms with Gasteiger partial charge in [0.2, 0.25) is 0 Å². The first-order chi connectivity index (χ1) is 10.6. The van der Waals surface area contributed by atoms with E-state index in [9.17, 15) is 0 Å². The van der Waals surface area contributed by atoms with E-state index in [1.165, 1.54) is 6.33 Å². The minimum atomic E-state index is -0.588. The topological polar surface area (TPSA) is 49.2 Å². The van der Waals surface area contributed by atoms with Crippen LogP contribution in [0.2, 0.25) is 10.0 Å². The highest BCUT2D eigenvalue weighted by atomic mass is 35.5. The zero-order valence-corrected chi connectivity index (χ0v) is 13.7. The molecule has 1 aliphatic rings. The van der Waals surface area contributed by atoms with Crippen LogP contribution in [-0.4, -0.2) is 34.1 Å². The molecule has 5 nitrogen and oxygen atoms in total. The molecule has 2 unspecified atom stereocenters. The number of aromatic nitrogens is 3. The summed E-state index contributed by atoms with van der Waals surface area (Å²) in [7, 11) is 0. The number of hydrogen-bond acceptors (Lipinski definition) is 4. The van der Waals surface area contributed by atoms with E-state index in [4.69, 9.17) is 32.7 Å². The molecular weight excluding hydrogens is 325 g/mol. The lowest BCUT2D eigenvalue weighted by atomic mass is 9.90. The molecule has 0 aliphatic carbocycles. The van der Waals surface area contributed by atoms with Gasteiger partial charge < -0.3 is 9.47 Å². The number of benzene rings is 1. The molecule has 0 N–H and O–H groups in total. The number of halogens is 2. The summed E-state index contributed by atoms with van der Waals surface area (Å²) in [4.78, 5) is 3.99. The average molecular weight is 342 g/mol. The van der Waals surface area contributed by atoms with Gasteiger partial charge in [-0.3, -0.25) is 0 Å². The van der Waals surface area contributed by atoms with Gasteiger partial charge in [0.15, 0.2) is 0 Å². The van der Waals surface area contributed by atoms with Crippen LogP contribution in [-0.2, 0) is 21.6 Å². The second kappa shape index (κ2) is 6.54. The first-order valence-corrected chi connectivity index (χ1v) is 7.92. The third-order valence-corrected chi connectivity index (χ3v) is 4.36. The predicted molar refractivity (Wildman–Crippen MR) is 84.1 cm³/mol. The quantitative estimate of drug-likeness (QED) is 0.837. The van der Waals surface area contributed by atoms with Gasteiger partial charge in [-0.2, -0.15) is 5.10 Å². The van der Waals surface area contributed by atoms with Gasteiger partial charge >= 0.3 is 0 Å². The molecule has 0 bridgehead atoms. The summed E-state index contributed by atoms with van der Waals surface area (Å²) in [5.41, 5.74) is 0.311. The highest BCUT2D eigenvalue weighted by Gasteiger charge is 2.44. The summed E-state index contributed by atoms with van der Waals surface area (Å²) in [6.45, 7) is 3.69. The molecule has 1 aromatic carbocycles. The van der Waals surface area contributed by atoms with E-state index in [1.54, 1.807) is 17.1 Å². The molecule has 1 aliphatic heterocycles. The zero-order chi connectivity index (χ0) is 15.6. The van der Waals surface area contributed by atoms with E-state index in [-0.39, 0.29) is 6.10 Å². The maximum absolute atomic E-state index is 6.41. The highest BCUT2D eigenvalue weighted by molar-refractivity contribution is 6.35. The van der Waals surface area contributed by atoms with Crippen molar-refractivity contribution in [2.75, 3.05) is 13.2 Å². The van der Waals surface area contributed by atoms with Crippen molar-refractivity contribution in [1.82, 2.24) is 14.8 Å². The Kier molecular flexibility index (Phi) is 4.68. The summed E-state index contributed by atoms with van der Waals surface area (Å²) >= 11 is 12.4. The van der Waals surface area contributed by atoms with Gasteiger partial charge in [0.05, 0.1) is 19.3 Å². The third kappa shape index (κ3) is 3.13. The SMILES string of the molecule is CCOC1COC(Cn2cncn2)(c2ccc(Cl)cc2Cl)C1. The van der Waals surface area contributed by atoms with Crippen molar-refractivity contribution in [3.63, 3.8) is 0 Å². The minimum absolute atomic E-state index is 0.0419. The minimum Gasteiger partial charge on any atom is -0.376 e. The fraction of sp³-hybridized carbons (Fsp3) is 0.467. The standard InChI is InChI=1S/C15H17Cl2N3O2/c1-2-21-12-6-15(22-7-12,8-20-10-18-9-19-20)13-4-3-11(16)5-14(13)17/h3-5,9-10,12H,2,6-8H2,1H3. The van der Waals surface area contributed by atoms with Gasteiger partial charge in [-0.15, -0.1) is 0 Å². The Morgan fingerprint density at radius 3 is 3.00 bits per heavy atom. The summed E-state index contributed by atoms with van der Waals surface area (Å²) in [5, 5.41) is 5.37. The van der Waals surface area contributed by atoms with Crippen molar-refractivity contribution in [3.8, 4) is 0 Å². The highest BCUT2D eigenvalue weighted by Crippen LogP contribution is 2.42. The normalized spacial score (nSPS) is 24.8. The van der Waals surface area contributed by atoms with E-state index >= 15 is 0 Å². The molecule has 22 heavy (non-hydrogen) atoms. The van der Waals surface area contributed by atoms with Crippen molar-refractivity contribution in [1.29, 1.82) is 0 Å². The molecule has 7 heteroatoms. The molecule has 2 heterocycles. The van der Waals surface area contributed by atoms with Crippen LogP contribution in [0, 0.1) is 0 Å². The van der Waals surface area contributed by atoms with E-state index in [2.05, 4.69) is 10.1 Å². The van der Waals surface area contributed by atoms with Crippen LogP contribution in [0.5, 0.6) is 0 Å². The van der Waals surface area contributed by atoms with Crippen molar-refractivity contribution in [2.45, 2.75) is 31.6 Å². The molecule has 2 atom stereocenters. The number of ether oxygens (including phenoxy) is 2. The maximum Gasteiger partial charge on any atom is 0.137 e. The number of hydrogen-bond donors (Lipinski definition) is 0. The van der Waals surface area contributed by atoms with Crippen LogP contribution in [0.15, 0.2) is 30.9 Å². The fourth-order valence-electron chi connectivity index (χ4n) is 2.90. The molecule has 2 aromatic rings. The number of nitrogens with zero attached hydrogens (tertiary/aromatic N) is 3. The second-order valence-corrected chi connectivity index (χ2v) is 6.15. The Balaban J connectivity index is 1.96. The first-order valence-electron chi connectivity index (χ1n) is 7.16. The van der Waals surface area contributed by atoms with E-state index in [1.807, 2.05) is 19.1 Å². The van der Waals surface area contributed by atoms with Crippen molar-refractivity contribution >= 4 is 23.2 Å². The maximum atomic E-state index is 6.41. The van der Waals surface area contributed by atoms with Crippen LogP contribution in [0.3, 0.4) is 0 Å². The van der Waals surface area contributed by atoms with Crippen LogP contribution in [0.25, 0.3) is 0 Å². The van der Waals surface area contributed by atoms with E-state index in [0.717, 1.165) is 5.56 Å². The summed E-state index contributed by atoms with van der Waals surface area (Å²) < 4.78 is 13.6. The van der Waals surface area contributed by atoms with Crippen molar-refractivity contribution in [2.24, 2.45) is 0 Å². The molecule has 0 radical (unpaired) electrons. The van der Waals surface area contributed by atoms with Gasteiger partial charge in [0.25, 0.3) is 0 Å². The predicted octanol–water partition coefficient (Wildman–Crippen LogP) is 3.31. The Morgan fingerprint density at radius 1 is 1.45 bits per heavy atom. The second-order valence-electron chi connectivity index (χ2n) is 5.30. The molecule has 1 fully saturated rings. The lowest BCUT2D eigenvalue weighted by Gasteiger charge is -2.29. The van der Waals surface area contributed by atoms with Gasteiger partial charge in [-0.1, -0.05) is 29.3 Å². The molecule has 0 spiro atoms. The molecule has 0 amide bonds. The molecule has 118 valence electrons. The largest absolute Gasteiger partial charge is 0.376 e. The van der Waals surface area contributed by atoms with Crippen molar-refractivity contribution < 1.29 is 9.47 Å². The molecule has 1 aromatic heterocycles. The van der Waals surface area contributed by atoms with Crippen molar-refractivity contribution in [3.05, 3.63) is 46.5 Å². The lowest BCUT2D eigenvalue weighted by Crippen LogP contribution is -2.32. The monoisotopic (exact) mass is 341 g/mol. The Bertz CT molecular complexity index is 636. The van der Waals surface area contributed by atoms with Gasteiger partial charge in [-0.05, 0) is 19.1 Å². The van der Waals surface area contributed by atoms with E-state index in [0.29, 0.717) is 36.2 Å². The van der Waals surface area contributed by atoms with Gasteiger partial charge in [-0.25, -0.2) is 9.67 Å². The van der Waals surface area contributed by atoms with Crippen LogP contribution in [0.4, 0.5) is 0 Å². The van der Waals surface area contributed by atoms with Crippen LogP contribution in [0.1, 0.15) is 18.9 Å². The van der Waals surface area contributed by atoms with Gasteiger partial charge in [0, 0.05) is 28.6 Å². The lowest BCUT2D eigenvalue weighted by molar-refractivity contribution is -0.0212. The number of rotatable bonds is 5. The Morgan fingerprint density at radius 2 is 2.32 bits per heavy atom. The summed E-state index contributed by atoms with van der Waals surface area (Å²) in [6.07, 6.45) is 3.93. The van der Waals surface area contributed by atoms with E-state index < -0.39 is 5.60 Å². The molecule has 0 saturated carbocycles. The van der Waals surface area contributed by atoms with Gasteiger partial charge in [0.1, 0.15) is 18.3 Å². The Labute approximate surface area is 139 Å². The zero-order valence-electron chi connectivity index (χ0n) is 12.2. The molecule has 3 rings (SSSR count).